The van der Waals surface area contributed by atoms with Gasteiger partial charge in [-0.3, -0.25) is 19.9 Å². The number of allylic oxidation sites excluding steroid dienone is 1. The first-order valence-electron chi connectivity index (χ1n) is 15.9. The average molecular weight is 649 g/mol. The second-order valence-electron chi connectivity index (χ2n) is 13.1. The van der Waals surface area contributed by atoms with Crippen molar-refractivity contribution in [2.75, 3.05) is 25.5 Å². The van der Waals surface area contributed by atoms with Crippen LogP contribution in [0.5, 0.6) is 0 Å². The Hall–Kier alpha value is -3.02. The average Bonchev–Trinajstić information content (AvgIpc) is 3.28. The normalized spacial score (nSPS) is 31.4. The molecule has 246 valence electrons. The summed E-state index contributed by atoms with van der Waals surface area (Å²) in [6.45, 7) is 7.25. The Morgan fingerprint density at radius 1 is 1.22 bits per heavy atom. The molecule has 2 aliphatic heterocycles. The monoisotopic (exact) mass is 648 g/mol. The number of rotatable bonds is 5. The lowest BCUT2D eigenvalue weighted by Gasteiger charge is -2.26. The first-order valence-corrected chi connectivity index (χ1v) is 16.8. The molecule has 1 aromatic carbocycles. The summed E-state index contributed by atoms with van der Waals surface area (Å²) in [5.74, 6) is -1.17. The van der Waals surface area contributed by atoms with E-state index in [4.69, 9.17) is 4.74 Å². The molecule has 2 aliphatic carbocycles. The number of carbonyl (C=O) groups excluding carboxylic acids is 3. The van der Waals surface area contributed by atoms with Gasteiger partial charge in [0.25, 0.3) is 0 Å². The van der Waals surface area contributed by atoms with E-state index in [9.17, 15) is 27.6 Å². The Balaban J connectivity index is 1.33. The van der Waals surface area contributed by atoms with Crippen LogP contribution >= 0.6 is 11.8 Å². The lowest BCUT2D eigenvalue weighted by Crippen LogP contribution is -2.45. The quantitative estimate of drug-likeness (QED) is 0.349. The van der Waals surface area contributed by atoms with Crippen molar-refractivity contribution >= 4 is 40.4 Å². The molecule has 8 nitrogen and oxygen atoms in total. The highest BCUT2D eigenvalue weighted by Crippen LogP contribution is 2.48. The molecule has 2 saturated carbocycles. The van der Waals surface area contributed by atoms with Gasteiger partial charge >= 0.3 is 12.3 Å². The third kappa shape index (κ3) is 7.52. The fourth-order valence-electron chi connectivity index (χ4n) is 6.67. The molecule has 1 aromatic rings. The van der Waals surface area contributed by atoms with E-state index in [0.29, 0.717) is 29.6 Å². The number of hydrogen-bond donors (Lipinski definition) is 2. The number of fused-ring (bicyclic) bond motifs is 2. The van der Waals surface area contributed by atoms with Gasteiger partial charge in [0.2, 0.25) is 11.8 Å². The van der Waals surface area contributed by atoms with Crippen molar-refractivity contribution in [3.05, 3.63) is 41.5 Å². The first kappa shape index (κ1) is 33.3. The fraction of sp³-hybridized carbons (Fsp3) is 0.636. The van der Waals surface area contributed by atoms with Crippen molar-refractivity contribution < 1.29 is 32.3 Å². The molecule has 2 heterocycles. The highest BCUT2D eigenvalue weighted by atomic mass is 32.2. The molecular formula is C33H43F3N4O4S. The van der Waals surface area contributed by atoms with Crippen LogP contribution in [0.15, 0.2) is 35.3 Å². The van der Waals surface area contributed by atoms with Gasteiger partial charge in [0.05, 0.1) is 29.6 Å². The fourth-order valence-corrected chi connectivity index (χ4v) is 7.83. The highest BCUT2D eigenvalue weighted by Gasteiger charge is 2.54. The van der Waals surface area contributed by atoms with E-state index in [1.807, 2.05) is 6.92 Å². The molecule has 1 unspecified atom stereocenters. The number of anilines is 1. The summed E-state index contributed by atoms with van der Waals surface area (Å²) in [4.78, 5) is 46.6. The van der Waals surface area contributed by atoms with Crippen molar-refractivity contribution in [1.29, 1.82) is 0 Å². The molecular weight excluding hydrogens is 605 g/mol. The Bertz CT molecular complexity index is 1370. The third-order valence-corrected chi connectivity index (χ3v) is 11.2. The molecule has 0 saturated heterocycles. The Morgan fingerprint density at radius 3 is 2.67 bits per heavy atom. The maximum atomic E-state index is 13.7. The highest BCUT2D eigenvalue weighted by molar-refractivity contribution is 8.15. The van der Waals surface area contributed by atoms with Crippen molar-refractivity contribution in [3.63, 3.8) is 0 Å². The number of aliphatic imine (C=N–C) groups is 1. The topological polar surface area (TPSA) is 100 Å². The van der Waals surface area contributed by atoms with Crippen LogP contribution in [0.4, 0.5) is 23.7 Å². The van der Waals surface area contributed by atoms with Crippen molar-refractivity contribution in [2.24, 2.45) is 28.7 Å². The number of alkyl halides is 3. The molecule has 0 aromatic heterocycles. The van der Waals surface area contributed by atoms with Gasteiger partial charge in [-0.1, -0.05) is 32.9 Å². The minimum absolute atomic E-state index is 0.0478. The van der Waals surface area contributed by atoms with E-state index in [0.717, 1.165) is 44.2 Å². The summed E-state index contributed by atoms with van der Waals surface area (Å²) in [6.07, 6.45) is 2.67. The van der Waals surface area contributed by atoms with Gasteiger partial charge in [-0.25, -0.2) is 4.79 Å². The van der Waals surface area contributed by atoms with E-state index < -0.39 is 35.8 Å². The number of nitrogens with one attached hydrogen (secondary N) is 2. The van der Waals surface area contributed by atoms with Crippen LogP contribution in [0, 0.1) is 23.7 Å². The van der Waals surface area contributed by atoms with Crippen LogP contribution in [0.25, 0.3) is 0 Å². The largest absolute Gasteiger partial charge is 0.446 e. The summed E-state index contributed by atoms with van der Waals surface area (Å²) < 4.78 is 46.6. The van der Waals surface area contributed by atoms with Gasteiger partial charge in [0.15, 0.2) is 0 Å². The molecule has 0 bridgehead atoms. The SMILES string of the molecule is CC[C@@]12C[C@H]1/C=C\CCCCN(C)C(=O)[C@@H]1C[C@H](OC(=O)Nc3cc(C(F)(F)F)ccc3C3=NCC(C(C)C)S3)C[C@H]1C(=O)N2. The van der Waals surface area contributed by atoms with E-state index in [1.54, 1.807) is 11.9 Å². The summed E-state index contributed by atoms with van der Waals surface area (Å²) in [5, 5.41) is 6.50. The zero-order chi connectivity index (χ0) is 32.5. The number of benzene rings is 1. The maximum absolute atomic E-state index is 13.7. The number of halogens is 3. The minimum atomic E-state index is -4.61. The molecule has 0 spiro atoms. The molecule has 6 atom stereocenters. The number of amides is 3. The number of ether oxygens (including phenoxy) is 1. The zero-order valence-corrected chi connectivity index (χ0v) is 27.1. The van der Waals surface area contributed by atoms with Gasteiger partial charge in [-0.15, -0.1) is 11.8 Å². The number of hydrogen-bond acceptors (Lipinski definition) is 6. The number of nitrogens with zero attached hydrogens (tertiary/aromatic N) is 2. The molecule has 4 aliphatic rings. The van der Waals surface area contributed by atoms with E-state index >= 15 is 0 Å². The predicted octanol–water partition coefficient (Wildman–Crippen LogP) is 6.65. The molecule has 2 N–H and O–H groups in total. The van der Waals surface area contributed by atoms with E-state index in [1.165, 1.54) is 17.8 Å². The molecule has 5 rings (SSSR count). The van der Waals surface area contributed by atoms with Crippen LogP contribution in [-0.2, 0) is 20.5 Å². The molecule has 2 fully saturated rings. The minimum Gasteiger partial charge on any atom is -0.446 e. The molecule has 12 heteroatoms. The molecule has 0 radical (unpaired) electrons. The summed E-state index contributed by atoms with van der Waals surface area (Å²) in [6, 6.07) is 3.20. The predicted molar refractivity (Wildman–Crippen MR) is 169 cm³/mol. The first-order chi connectivity index (χ1) is 21.3. The number of carbonyl (C=O) groups is 3. The van der Waals surface area contributed by atoms with E-state index in [2.05, 4.69) is 41.6 Å². The zero-order valence-electron chi connectivity index (χ0n) is 26.3. The molecule has 3 amide bonds. The van der Waals surface area contributed by atoms with Crippen LogP contribution < -0.4 is 10.6 Å². The van der Waals surface area contributed by atoms with Crippen molar-refractivity contribution in [2.45, 2.75) is 88.8 Å². The third-order valence-electron chi connectivity index (χ3n) is 9.68. The van der Waals surface area contributed by atoms with Crippen molar-refractivity contribution in [1.82, 2.24) is 10.2 Å². The Kier molecular flexibility index (Phi) is 9.91. The van der Waals surface area contributed by atoms with Crippen LogP contribution in [0.2, 0.25) is 0 Å². The standard InChI is InChI=1S/C33H43F3N4O4S/c1-5-32-17-21(32)10-8-6-7-9-13-40(4)30(42)25-16-22(15-24(25)28(41)39-32)44-31(43)38-26-14-20(33(34,35)36)11-12-23(26)29-37-18-27(45-29)19(2)3/h8,10-12,14,19,21-22,24-25,27H,5-7,9,13,15-18H2,1-4H3,(H,38,43)(H,39,41)/b10-8-/t21-,22-,24-,25-,27?,32-/m1/s1. The van der Waals surface area contributed by atoms with Crippen molar-refractivity contribution in [3.8, 4) is 0 Å². The van der Waals surface area contributed by atoms with Crippen LogP contribution in [0.1, 0.15) is 76.8 Å². The van der Waals surface area contributed by atoms with E-state index in [-0.39, 0.29) is 47.1 Å². The summed E-state index contributed by atoms with van der Waals surface area (Å²) in [5.41, 5.74) is -0.892. The van der Waals surface area contributed by atoms with Gasteiger partial charge in [-0.05, 0) is 69.1 Å². The van der Waals surface area contributed by atoms with Crippen LogP contribution in [-0.4, -0.2) is 64.9 Å². The second kappa shape index (κ2) is 13.4. The smallest absolute Gasteiger partial charge is 0.416 e. The van der Waals surface area contributed by atoms with Gasteiger partial charge < -0.3 is 15.0 Å². The lowest BCUT2D eigenvalue weighted by atomic mass is 9.92. The lowest BCUT2D eigenvalue weighted by molar-refractivity contribution is -0.140. The summed E-state index contributed by atoms with van der Waals surface area (Å²) in [7, 11) is 1.73. The number of thioether (sulfide) groups is 1. The molecule has 45 heavy (non-hydrogen) atoms. The van der Waals surface area contributed by atoms with Crippen LogP contribution in [0.3, 0.4) is 0 Å². The maximum Gasteiger partial charge on any atom is 0.416 e. The second-order valence-corrected chi connectivity index (χ2v) is 14.4. The Morgan fingerprint density at radius 2 is 1.98 bits per heavy atom. The van der Waals surface area contributed by atoms with Gasteiger partial charge in [-0.2, -0.15) is 13.2 Å². The van der Waals surface area contributed by atoms with Gasteiger partial charge in [0, 0.05) is 35.9 Å². The summed E-state index contributed by atoms with van der Waals surface area (Å²) >= 11 is 1.48. The Labute approximate surface area is 267 Å². The van der Waals surface area contributed by atoms with Gasteiger partial charge in [0.1, 0.15) is 11.1 Å².